The third-order valence-corrected chi connectivity index (χ3v) is 4.77. The van der Waals surface area contributed by atoms with Gasteiger partial charge in [0.2, 0.25) is 31.6 Å². The van der Waals surface area contributed by atoms with Crippen LogP contribution in [-0.2, 0) is 4.79 Å². The predicted molar refractivity (Wildman–Crippen MR) is 108 cm³/mol. The van der Waals surface area contributed by atoms with Crippen molar-refractivity contribution in [3.8, 4) is 28.6 Å². The van der Waals surface area contributed by atoms with Gasteiger partial charge in [-0.3, -0.25) is 10.1 Å². The molecule has 0 aliphatic rings. The molecule has 0 aliphatic carbocycles. The van der Waals surface area contributed by atoms with Crippen LogP contribution in [0.25, 0.3) is 11.3 Å². The molecule has 1 heterocycles. The maximum atomic E-state index is 12.1. The monoisotopic (exact) mass is 441 g/mol. The molecule has 0 fully saturated rings. The van der Waals surface area contributed by atoms with E-state index in [2.05, 4.69) is 21.2 Å². The lowest BCUT2D eigenvalue weighted by molar-refractivity contribution is -0.116. The van der Waals surface area contributed by atoms with E-state index >= 15 is 0 Å². The molecule has 142 valence electrons. The van der Waals surface area contributed by atoms with Gasteiger partial charge in [0.05, 0.1) is 7.11 Å². The summed E-state index contributed by atoms with van der Waals surface area (Å²) in [5.74, 6) is 0.948. The van der Waals surface area contributed by atoms with Crippen molar-refractivity contribution in [1.29, 1.82) is 0 Å². The zero-order valence-electron chi connectivity index (χ0n) is 15.4. The number of rotatable bonds is 8. The topological polar surface area (TPSA) is 80.9 Å². The lowest BCUT2D eigenvalue weighted by Crippen LogP contribution is -2.29. The van der Waals surface area contributed by atoms with Crippen molar-refractivity contribution in [2.45, 2.75) is 32.5 Å². The molecule has 2 rings (SSSR count). The van der Waals surface area contributed by atoms with Gasteiger partial charge in [0.1, 0.15) is 5.75 Å². The number of furan rings is 1. The molecule has 0 saturated carbocycles. The van der Waals surface area contributed by atoms with Crippen molar-refractivity contribution in [3.05, 3.63) is 24.3 Å². The number of alkyl halides is 1. The molecule has 0 unspecified atom stereocenters. The Morgan fingerprint density at radius 1 is 1.27 bits per heavy atom. The van der Waals surface area contributed by atoms with Crippen LogP contribution in [0.15, 0.2) is 28.7 Å². The van der Waals surface area contributed by atoms with Crippen molar-refractivity contribution in [2.24, 2.45) is 0 Å². The standard InChI is InChI=1S/C18H24BrNO5Si/c1-23-13-9-7-12(8-10-13)16-15(22)17(25-26(2,3)4)18(24-16)20-14(21)6-5-11-19/h7-10,22H,5-6,11H2,1-4H3,(H,20,21). The quantitative estimate of drug-likeness (QED) is 0.445. The highest BCUT2D eigenvalue weighted by molar-refractivity contribution is 9.09. The summed E-state index contributed by atoms with van der Waals surface area (Å²) in [4.78, 5) is 12.1. The number of ether oxygens (including phenoxy) is 1. The van der Waals surface area contributed by atoms with Gasteiger partial charge in [0, 0.05) is 17.3 Å². The average Bonchev–Trinajstić information content (AvgIpc) is 2.88. The minimum Gasteiger partial charge on any atom is -0.538 e. The molecule has 0 bridgehead atoms. The van der Waals surface area contributed by atoms with E-state index in [0.717, 1.165) is 5.33 Å². The molecular weight excluding hydrogens is 418 g/mol. The van der Waals surface area contributed by atoms with Gasteiger partial charge in [-0.1, -0.05) is 15.9 Å². The van der Waals surface area contributed by atoms with E-state index in [9.17, 15) is 9.90 Å². The van der Waals surface area contributed by atoms with E-state index in [1.54, 1.807) is 31.4 Å². The Balaban J connectivity index is 2.39. The molecule has 6 nitrogen and oxygen atoms in total. The lowest BCUT2D eigenvalue weighted by Gasteiger charge is -2.18. The fraction of sp³-hybridized carbons (Fsp3) is 0.389. The van der Waals surface area contributed by atoms with Crippen LogP contribution in [0.1, 0.15) is 12.8 Å². The number of halogens is 1. The first-order valence-corrected chi connectivity index (χ1v) is 12.8. The summed E-state index contributed by atoms with van der Waals surface area (Å²) in [7, 11) is -0.455. The molecule has 26 heavy (non-hydrogen) atoms. The van der Waals surface area contributed by atoms with Crippen molar-refractivity contribution >= 4 is 36.0 Å². The van der Waals surface area contributed by atoms with Gasteiger partial charge in [-0.15, -0.1) is 0 Å². The molecule has 1 amide bonds. The van der Waals surface area contributed by atoms with E-state index in [0.29, 0.717) is 24.2 Å². The second kappa shape index (κ2) is 8.63. The molecule has 1 aromatic carbocycles. The molecule has 0 atom stereocenters. The molecule has 0 saturated heterocycles. The molecule has 0 radical (unpaired) electrons. The summed E-state index contributed by atoms with van der Waals surface area (Å²) in [6.45, 7) is 5.97. The van der Waals surface area contributed by atoms with Crippen LogP contribution in [0.4, 0.5) is 5.88 Å². The average molecular weight is 442 g/mol. The van der Waals surface area contributed by atoms with Crippen molar-refractivity contribution in [2.75, 3.05) is 17.8 Å². The van der Waals surface area contributed by atoms with Gasteiger partial charge in [-0.05, 0) is 50.3 Å². The van der Waals surface area contributed by atoms with Crippen LogP contribution < -0.4 is 14.5 Å². The molecule has 0 spiro atoms. The second-order valence-electron chi connectivity index (χ2n) is 6.72. The Morgan fingerprint density at radius 2 is 1.92 bits per heavy atom. The summed E-state index contributed by atoms with van der Waals surface area (Å²) >= 11 is 3.30. The smallest absolute Gasteiger partial charge is 0.245 e. The van der Waals surface area contributed by atoms with Crippen LogP contribution in [0.5, 0.6) is 17.2 Å². The Kier molecular flexibility index (Phi) is 6.77. The number of hydrogen-bond donors (Lipinski definition) is 2. The van der Waals surface area contributed by atoms with Gasteiger partial charge in [0.25, 0.3) is 0 Å². The van der Waals surface area contributed by atoms with E-state index < -0.39 is 8.32 Å². The van der Waals surface area contributed by atoms with Gasteiger partial charge in [-0.2, -0.15) is 0 Å². The summed E-state index contributed by atoms with van der Waals surface area (Å²) in [6, 6.07) is 7.08. The predicted octanol–water partition coefficient (Wildman–Crippen LogP) is 4.99. The Bertz CT molecular complexity index is 752. The van der Waals surface area contributed by atoms with Crippen LogP contribution in [0.3, 0.4) is 0 Å². The Labute approximate surface area is 162 Å². The number of hydrogen-bond acceptors (Lipinski definition) is 5. The van der Waals surface area contributed by atoms with Gasteiger partial charge < -0.3 is 18.7 Å². The highest BCUT2D eigenvalue weighted by Gasteiger charge is 2.28. The maximum absolute atomic E-state index is 12.1. The normalized spacial score (nSPS) is 11.3. The van der Waals surface area contributed by atoms with Crippen LogP contribution >= 0.6 is 15.9 Å². The van der Waals surface area contributed by atoms with Gasteiger partial charge in [-0.25, -0.2) is 0 Å². The van der Waals surface area contributed by atoms with E-state index in [4.69, 9.17) is 13.6 Å². The van der Waals surface area contributed by atoms with E-state index in [1.165, 1.54) is 0 Å². The first kappa shape index (κ1) is 20.4. The summed E-state index contributed by atoms with van der Waals surface area (Å²) in [5, 5.41) is 14.1. The summed E-state index contributed by atoms with van der Waals surface area (Å²) < 4.78 is 16.9. The SMILES string of the molecule is COc1ccc(-c2oc(NC(=O)CCCBr)c(O[Si](C)(C)C)c2O)cc1. The summed E-state index contributed by atoms with van der Waals surface area (Å²) in [6.07, 6.45) is 1.05. The van der Waals surface area contributed by atoms with Crippen LogP contribution in [0, 0.1) is 0 Å². The Morgan fingerprint density at radius 3 is 2.46 bits per heavy atom. The largest absolute Gasteiger partial charge is 0.538 e. The van der Waals surface area contributed by atoms with Crippen molar-refractivity contribution < 1.29 is 23.5 Å². The molecule has 2 aromatic rings. The first-order valence-electron chi connectivity index (χ1n) is 8.30. The third-order valence-electron chi connectivity index (χ3n) is 3.39. The van der Waals surface area contributed by atoms with Gasteiger partial charge >= 0.3 is 0 Å². The van der Waals surface area contributed by atoms with Crippen molar-refractivity contribution in [1.82, 2.24) is 0 Å². The molecule has 8 heteroatoms. The number of methoxy groups -OCH3 is 1. The minimum absolute atomic E-state index is 0.117. The number of carbonyl (C=O) groups excluding carboxylic acids is 1. The van der Waals surface area contributed by atoms with Crippen LogP contribution in [-0.4, -0.2) is 31.8 Å². The summed E-state index contributed by atoms with van der Waals surface area (Å²) in [5.41, 5.74) is 0.657. The maximum Gasteiger partial charge on any atom is 0.245 e. The number of aromatic hydroxyl groups is 1. The van der Waals surface area contributed by atoms with Crippen LogP contribution in [0.2, 0.25) is 19.6 Å². The zero-order chi connectivity index (χ0) is 19.3. The molecular formula is C18H24BrNO5Si. The second-order valence-corrected chi connectivity index (χ2v) is 11.9. The minimum atomic E-state index is -2.04. The molecule has 0 aliphatic heterocycles. The number of carbonyl (C=O) groups is 1. The van der Waals surface area contributed by atoms with Gasteiger partial charge in [0.15, 0.2) is 5.76 Å². The number of nitrogens with one attached hydrogen (secondary N) is 1. The fourth-order valence-corrected chi connectivity index (χ4v) is 3.33. The zero-order valence-corrected chi connectivity index (χ0v) is 18.0. The number of benzene rings is 1. The molecule has 2 N–H and O–H groups in total. The highest BCUT2D eigenvalue weighted by atomic mass is 79.9. The lowest BCUT2D eigenvalue weighted by atomic mass is 10.1. The van der Waals surface area contributed by atoms with Crippen molar-refractivity contribution in [3.63, 3.8) is 0 Å². The third kappa shape index (κ3) is 5.28. The van der Waals surface area contributed by atoms with E-state index in [-0.39, 0.29) is 29.1 Å². The number of amides is 1. The molecule has 1 aromatic heterocycles. The number of anilines is 1. The fourth-order valence-electron chi connectivity index (χ4n) is 2.25. The van der Waals surface area contributed by atoms with E-state index in [1.807, 2.05) is 19.6 Å². The highest BCUT2D eigenvalue weighted by Crippen LogP contribution is 2.47. The Hall–Kier alpha value is -1.93. The first-order chi connectivity index (χ1) is 12.2.